The van der Waals surface area contributed by atoms with Gasteiger partial charge in [0, 0.05) is 30.2 Å². The number of likely N-dealkylation sites (N-methyl/N-ethyl adjacent to an activating group) is 1. The maximum atomic E-state index is 13.7. The van der Waals surface area contributed by atoms with Crippen LogP contribution in [0, 0.1) is 5.82 Å². The van der Waals surface area contributed by atoms with E-state index in [1.165, 1.54) is 6.07 Å². The molecule has 0 bridgehead atoms. The van der Waals surface area contributed by atoms with Crippen LogP contribution in [0.1, 0.15) is 5.56 Å². The van der Waals surface area contributed by atoms with Gasteiger partial charge in [0.25, 0.3) is 0 Å². The number of H-pyrrole nitrogens is 1. The van der Waals surface area contributed by atoms with E-state index in [-0.39, 0.29) is 5.82 Å². The van der Waals surface area contributed by atoms with Gasteiger partial charge in [0.2, 0.25) is 0 Å². The summed E-state index contributed by atoms with van der Waals surface area (Å²) in [6.07, 6.45) is 4.61. The molecule has 0 aliphatic carbocycles. The largest absolute Gasteiger partial charge is 0.361 e. The average molecular weight is 232 g/mol. The second-order valence-corrected chi connectivity index (χ2v) is 4.28. The Hall–Kier alpha value is -1.61. The number of nitrogens with one attached hydrogen (secondary N) is 1. The molecule has 1 heterocycles. The first-order chi connectivity index (χ1) is 8.22. The van der Waals surface area contributed by atoms with Crippen molar-refractivity contribution in [1.82, 2.24) is 9.88 Å². The fourth-order valence-electron chi connectivity index (χ4n) is 2.03. The molecule has 2 nitrogen and oxygen atoms in total. The molecule has 0 saturated heterocycles. The Kier molecular flexibility index (Phi) is 3.59. The molecule has 1 aromatic heterocycles. The van der Waals surface area contributed by atoms with E-state index < -0.39 is 0 Å². The second kappa shape index (κ2) is 5.15. The Morgan fingerprint density at radius 1 is 1.47 bits per heavy atom. The molecule has 2 aromatic rings. The zero-order chi connectivity index (χ0) is 12.3. The molecule has 0 aliphatic rings. The average Bonchev–Trinajstić information content (AvgIpc) is 2.71. The molecule has 3 heteroatoms. The number of aromatic amines is 1. The summed E-state index contributed by atoms with van der Waals surface area (Å²) in [6, 6.07) is 5.13. The van der Waals surface area contributed by atoms with Gasteiger partial charge in [-0.1, -0.05) is 12.1 Å². The van der Waals surface area contributed by atoms with E-state index in [1.54, 1.807) is 6.07 Å². The first-order valence-corrected chi connectivity index (χ1v) is 5.76. The molecule has 0 fully saturated rings. The third-order valence-corrected chi connectivity index (χ3v) is 2.94. The molecule has 0 saturated carbocycles. The third kappa shape index (κ3) is 2.56. The van der Waals surface area contributed by atoms with Crippen molar-refractivity contribution in [3.63, 3.8) is 0 Å². The Bertz CT molecular complexity index is 516. The second-order valence-electron chi connectivity index (χ2n) is 4.28. The van der Waals surface area contributed by atoms with Crippen molar-refractivity contribution >= 4 is 10.9 Å². The molecule has 17 heavy (non-hydrogen) atoms. The van der Waals surface area contributed by atoms with Crippen molar-refractivity contribution in [2.45, 2.75) is 6.42 Å². The number of aromatic nitrogens is 1. The van der Waals surface area contributed by atoms with Gasteiger partial charge in [-0.3, -0.25) is 0 Å². The molecule has 2 rings (SSSR count). The molecule has 0 amide bonds. The highest BCUT2D eigenvalue weighted by molar-refractivity contribution is 5.83. The van der Waals surface area contributed by atoms with Crippen LogP contribution in [0.15, 0.2) is 37.1 Å². The minimum atomic E-state index is -0.148. The lowest BCUT2D eigenvalue weighted by molar-refractivity contribution is 0.376. The lowest BCUT2D eigenvalue weighted by atomic mass is 10.1. The molecular formula is C14H17FN2. The topological polar surface area (TPSA) is 19.0 Å². The van der Waals surface area contributed by atoms with Crippen LogP contribution < -0.4 is 0 Å². The van der Waals surface area contributed by atoms with Crippen LogP contribution in [0.25, 0.3) is 10.9 Å². The summed E-state index contributed by atoms with van der Waals surface area (Å²) in [4.78, 5) is 5.27. The van der Waals surface area contributed by atoms with Crippen molar-refractivity contribution in [2.24, 2.45) is 0 Å². The highest BCUT2D eigenvalue weighted by atomic mass is 19.1. The van der Waals surface area contributed by atoms with Crippen molar-refractivity contribution in [3.05, 3.63) is 48.4 Å². The van der Waals surface area contributed by atoms with Gasteiger partial charge in [0.05, 0.1) is 0 Å². The standard InChI is InChI=1S/C14H17FN2/c1-3-8-17(2)9-7-11-10-16-13-6-4-5-12(15)14(11)13/h3-6,10,16H,1,7-9H2,2H3. The number of rotatable bonds is 5. The van der Waals surface area contributed by atoms with E-state index in [4.69, 9.17) is 0 Å². The molecule has 90 valence electrons. The van der Waals surface area contributed by atoms with Crippen molar-refractivity contribution < 1.29 is 4.39 Å². The van der Waals surface area contributed by atoms with Gasteiger partial charge < -0.3 is 9.88 Å². The Morgan fingerprint density at radius 3 is 3.06 bits per heavy atom. The summed E-state index contributed by atoms with van der Waals surface area (Å²) < 4.78 is 13.7. The third-order valence-electron chi connectivity index (χ3n) is 2.94. The minimum absolute atomic E-state index is 0.148. The van der Waals surface area contributed by atoms with Gasteiger partial charge in [-0.05, 0) is 31.2 Å². The lowest BCUT2D eigenvalue weighted by Gasteiger charge is -2.13. The fourth-order valence-corrected chi connectivity index (χ4v) is 2.03. The number of nitrogens with zero attached hydrogens (tertiary/aromatic N) is 1. The zero-order valence-electron chi connectivity index (χ0n) is 10.0. The SMILES string of the molecule is C=CCN(C)CCc1c[nH]c2cccc(F)c12. The molecule has 0 aliphatic heterocycles. The smallest absolute Gasteiger partial charge is 0.132 e. The van der Waals surface area contributed by atoms with E-state index in [2.05, 4.69) is 16.5 Å². The molecule has 0 atom stereocenters. The van der Waals surface area contributed by atoms with E-state index >= 15 is 0 Å². The summed E-state index contributed by atoms with van der Waals surface area (Å²) in [5.74, 6) is -0.148. The monoisotopic (exact) mass is 232 g/mol. The highest BCUT2D eigenvalue weighted by Crippen LogP contribution is 2.21. The van der Waals surface area contributed by atoms with E-state index in [0.717, 1.165) is 36.0 Å². The minimum Gasteiger partial charge on any atom is -0.361 e. The van der Waals surface area contributed by atoms with Crippen LogP contribution in [0.3, 0.4) is 0 Å². The summed E-state index contributed by atoms with van der Waals surface area (Å²) in [6.45, 7) is 5.45. The summed E-state index contributed by atoms with van der Waals surface area (Å²) in [5, 5.41) is 0.722. The Morgan fingerprint density at radius 2 is 2.29 bits per heavy atom. The van der Waals surface area contributed by atoms with Crippen molar-refractivity contribution in [2.75, 3.05) is 20.1 Å². The van der Waals surface area contributed by atoms with E-state index in [9.17, 15) is 4.39 Å². The van der Waals surface area contributed by atoms with Crippen LogP contribution >= 0.6 is 0 Å². The molecule has 0 radical (unpaired) electrons. The van der Waals surface area contributed by atoms with Crippen LogP contribution in [-0.4, -0.2) is 30.0 Å². The predicted molar refractivity (Wildman–Crippen MR) is 69.7 cm³/mol. The summed E-state index contributed by atoms with van der Waals surface area (Å²) >= 11 is 0. The van der Waals surface area contributed by atoms with Gasteiger partial charge in [-0.15, -0.1) is 6.58 Å². The lowest BCUT2D eigenvalue weighted by Crippen LogP contribution is -2.20. The zero-order valence-corrected chi connectivity index (χ0v) is 10.0. The number of hydrogen-bond acceptors (Lipinski definition) is 1. The summed E-state index contributed by atoms with van der Waals surface area (Å²) in [7, 11) is 2.03. The van der Waals surface area contributed by atoms with Crippen LogP contribution in [0.4, 0.5) is 4.39 Å². The Labute approximate surface area is 101 Å². The van der Waals surface area contributed by atoms with E-state index in [1.807, 2.05) is 25.4 Å². The molecule has 1 aromatic carbocycles. The Balaban J connectivity index is 2.16. The van der Waals surface area contributed by atoms with Crippen LogP contribution in [-0.2, 0) is 6.42 Å². The molecule has 0 unspecified atom stereocenters. The quantitative estimate of drug-likeness (QED) is 0.785. The normalized spacial score (nSPS) is 11.2. The number of benzene rings is 1. The van der Waals surface area contributed by atoms with Gasteiger partial charge in [0.1, 0.15) is 5.82 Å². The number of halogens is 1. The maximum absolute atomic E-state index is 13.7. The van der Waals surface area contributed by atoms with Crippen LogP contribution in [0.5, 0.6) is 0 Å². The van der Waals surface area contributed by atoms with Gasteiger partial charge in [-0.2, -0.15) is 0 Å². The molecular weight excluding hydrogens is 215 g/mol. The van der Waals surface area contributed by atoms with Gasteiger partial charge in [-0.25, -0.2) is 4.39 Å². The van der Waals surface area contributed by atoms with E-state index in [0.29, 0.717) is 0 Å². The van der Waals surface area contributed by atoms with Crippen LogP contribution in [0.2, 0.25) is 0 Å². The fraction of sp³-hybridized carbons (Fsp3) is 0.286. The first kappa shape index (κ1) is 11.9. The molecule has 0 spiro atoms. The number of hydrogen-bond donors (Lipinski definition) is 1. The highest BCUT2D eigenvalue weighted by Gasteiger charge is 2.08. The van der Waals surface area contributed by atoms with Crippen molar-refractivity contribution in [1.29, 1.82) is 0 Å². The summed E-state index contributed by atoms with van der Waals surface area (Å²) in [5.41, 5.74) is 1.90. The maximum Gasteiger partial charge on any atom is 0.132 e. The van der Waals surface area contributed by atoms with Gasteiger partial charge in [0.15, 0.2) is 0 Å². The van der Waals surface area contributed by atoms with Gasteiger partial charge >= 0.3 is 0 Å². The number of fused-ring (bicyclic) bond motifs is 1. The first-order valence-electron chi connectivity index (χ1n) is 5.76. The molecule has 1 N–H and O–H groups in total. The van der Waals surface area contributed by atoms with Crippen molar-refractivity contribution in [3.8, 4) is 0 Å². The predicted octanol–water partition coefficient (Wildman–Crippen LogP) is 2.97.